The lowest BCUT2D eigenvalue weighted by atomic mass is 10.1. The highest BCUT2D eigenvalue weighted by atomic mass is 35.5. The number of carbonyl (C=O) groups is 1. The number of amides is 1. The van der Waals surface area contributed by atoms with Gasteiger partial charge >= 0.3 is 0 Å². The fourth-order valence-corrected chi connectivity index (χ4v) is 3.49. The van der Waals surface area contributed by atoms with Crippen LogP contribution in [0.4, 0.5) is 11.4 Å². The van der Waals surface area contributed by atoms with Crippen molar-refractivity contribution in [3.05, 3.63) is 41.2 Å². The molecule has 0 spiro atoms. The summed E-state index contributed by atoms with van der Waals surface area (Å²) in [6.07, 6.45) is 0.899. The number of halogens is 2. The number of hydrogen-bond acceptors (Lipinski definition) is 4. The summed E-state index contributed by atoms with van der Waals surface area (Å²) >= 11 is 0. The molecule has 6 nitrogen and oxygen atoms in total. The fraction of sp³-hybridized carbons (Fsp3) is 0.412. The molecule has 1 aromatic heterocycles. The molecule has 0 fully saturated rings. The third-order valence-electron chi connectivity index (χ3n) is 4.74. The largest absolute Gasteiger partial charge is 0.368 e. The summed E-state index contributed by atoms with van der Waals surface area (Å²) in [6, 6.07) is 8.11. The normalized spacial score (nSPS) is 15.6. The van der Waals surface area contributed by atoms with E-state index in [-0.39, 0.29) is 30.7 Å². The van der Waals surface area contributed by atoms with E-state index in [0.717, 1.165) is 48.7 Å². The van der Waals surface area contributed by atoms with E-state index in [4.69, 9.17) is 0 Å². The van der Waals surface area contributed by atoms with E-state index < -0.39 is 0 Å². The Morgan fingerprint density at radius 1 is 1.20 bits per heavy atom. The minimum atomic E-state index is -0.00518. The minimum Gasteiger partial charge on any atom is -0.368 e. The van der Waals surface area contributed by atoms with Gasteiger partial charge in [-0.25, -0.2) is 0 Å². The molecule has 2 aromatic rings. The zero-order valence-corrected chi connectivity index (χ0v) is 15.8. The van der Waals surface area contributed by atoms with E-state index in [1.807, 2.05) is 23.1 Å². The Morgan fingerprint density at radius 2 is 1.96 bits per heavy atom. The molecule has 2 aliphatic rings. The van der Waals surface area contributed by atoms with Crippen molar-refractivity contribution in [2.24, 2.45) is 0 Å². The number of fused-ring (bicyclic) bond motifs is 2. The van der Waals surface area contributed by atoms with Crippen LogP contribution in [0.2, 0.25) is 0 Å². The van der Waals surface area contributed by atoms with E-state index in [0.29, 0.717) is 18.8 Å². The zero-order chi connectivity index (χ0) is 15.8. The number of rotatable bonds is 2. The zero-order valence-electron chi connectivity index (χ0n) is 14.1. The molecule has 0 atom stereocenters. The van der Waals surface area contributed by atoms with Gasteiger partial charge in [0.05, 0.1) is 11.4 Å². The van der Waals surface area contributed by atoms with Gasteiger partial charge in [0.25, 0.3) is 5.91 Å². The standard InChI is InChI=1S/C17H21N5O.2ClH/c1-2-21-9-10-22(15-6-4-3-5-14(15)21)17(23)16-12-11-18-8-7-13(12)19-20-16;;/h3-6,18H,2,7-11H2,1H3,(H,19,20);2*1H. The van der Waals surface area contributed by atoms with Crippen molar-refractivity contribution in [3.63, 3.8) is 0 Å². The van der Waals surface area contributed by atoms with Gasteiger partial charge in [-0.1, -0.05) is 12.1 Å². The second kappa shape index (κ2) is 8.08. The summed E-state index contributed by atoms with van der Waals surface area (Å²) < 4.78 is 0. The second-order valence-electron chi connectivity index (χ2n) is 5.98. The highest BCUT2D eigenvalue weighted by molar-refractivity contribution is 6.08. The second-order valence-corrected chi connectivity index (χ2v) is 5.98. The van der Waals surface area contributed by atoms with Crippen molar-refractivity contribution >= 4 is 42.1 Å². The van der Waals surface area contributed by atoms with Gasteiger partial charge in [-0.15, -0.1) is 24.8 Å². The molecule has 136 valence electrons. The monoisotopic (exact) mass is 383 g/mol. The van der Waals surface area contributed by atoms with Crippen LogP contribution in [-0.2, 0) is 13.0 Å². The van der Waals surface area contributed by atoms with E-state index >= 15 is 0 Å². The average molecular weight is 384 g/mol. The van der Waals surface area contributed by atoms with Gasteiger partial charge in [0.2, 0.25) is 0 Å². The maximum absolute atomic E-state index is 13.1. The first-order valence-corrected chi connectivity index (χ1v) is 8.22. The number of anilines is 2. The summed E-state index contributed by atoms with van der Waals surface area (Å²) in [4.78, 5) is 17.3. The van der Waals surface area contributed by atoms with Crippen LogP contribution >= 0.6 is 24.8 Å². The van der Waals surface area contributed by atoms with Gasteiger partial charge in [0.15, 0.2) is 5.69 Å². The molecule has 0 saturated carbocycles. The summed E-state index contributed by atoms with van der Waals surface area (Å²) in [5.74, 6) is -0.00518. The first-order chi connectivity index (χ1) is 11.3. The number of H-pyrrole nitrogens is 1. The molecule has 4 rings (SSSR count). The number of carbonyl (C=O) groups excluding carboxylic acids is 1. The van der Waals surface area contributed by atoms with Crippen molar-refractivity contribution in [2.75, 3.05) is 36.0 Å². The van der Waals surface area contributed by atoms with Gasteiger partial charge in [-0.2, -0.15) is 5.10 Å². The summed E-state index contributed by atoms with van der Waals surface area (Å²) in [6.45, 7) is 6.28. The van der Waals surface area contributed by atoms with Crippen LogP contribution in [0.5, 0.6) is 0 Å². The molecule has 8 heteroatoms. The molecule has 0 aliphatic carbocycles. The molecule has 25 heavy (non-hydrogen) atoms. The SMILES string of the molecule is CCN1CCN(C(=O)c2n[nH]c3c2CNCC3)c2ccccc21.Cl.Cl. The van der Waals surface area contributed by atoms with Crippen LogP contribution in [0.3, 0.4) is 0 Å². The van der Waals surface area contributed by atoms with E-state index in [2.05, 4.69) is 33.4 Å². The number of nitrogens with zero attached hydrogens (tertiary/aromatic N) is 3. The molecule has 1 amide bonds. The van der Waals surface area contributed by atoms with Gasteiger partial charge < -0.3 is 15.1 Å². The van der Waals surface area contributed by atoms with Crippen molar-refractivity contribution in [1.29, 1.82) is 0 Å². The molecule has 0 unspecified atom stereocenters. The lowest BCUT2D eigenvalue weighted by molar-refractivity contribution is 0.0980. The maximum Gasteiger partial charge on any atom is 0.279 e. The molecular weight excluding hydrogens is 361 g/mol. The van der Waals surface area contributed by atoms with Crippen LogP contribution < -0.4 is 15.1 Å². The van der Waals surface area contributed by atoms with Crippen molar-refractivity contribution in [3.8, 4) is 0 Å². The molecule has 3 heterocycles. The molecule has 2 N–H and O–H groups in total. The Hall–Kier alpha value is -1.76. The topological polar surface area (TPSA) is 64.3 Å². The maximum atomic E-state index is 13.1. The Labute approximate surface area is 159 Å². The lowest BCUT2D eigenvalue weighted by Crippen LogP contribution is -2.44. The fourth-order valence-electron chi connectivity index (χ4n) is 3.49. The summed E-state index contributed by atoms with van der Waals surface area (Å²) in [5, 5.41) is 10.7. The highest BCUT2D eigenvalue weighted by Crippen LogP contribution is 2.33. The first kappa shape index (κ1) is 19.6. The Bertz CT molecular complexity index is 748. The first-order valence-electron chi connectivity index (χ1n) is 8.22. The predicted molar refractivity (Wildman–Crippen MR) is 104 cm³/mol. The Kier molecular flexibility index (Phi) is 6.32. The third-order valence-corrected chi connectivity index (χ3v) is 4.74. The average Bonchev–Trinajstić information content (AvgIpc) is 3.04. The summed E-state index contributed by atoms with van der Waals surface area (Å²) in [5.41, 5.74) is 4.78. The van der Waals surface area contributed by atoms with Gasteiger partial charge in [0.1, 0.15) is 0 Å². The van der Waals surface area contributed by atoms with Gasteiger partial charge in [0, 0.05) is 50.4 Å². The minimum absolute atomic E-state index is 0. The molecule has 0 radical (unpaired) electrons. The van der Waals surface area contributed by atoms with Crippen LogP contribution in [0.1, 0.15) is 28.7 Å². The van der Waals surface area contributed by atoms with Crippen LogP contribution in [-0.4, -0.2) is 42.3 Å². The quantitative estimate of drug-likeness (QED) is 0.835. The van der Waals surface area contributed by atoms with Crippen LogP contribution in [0.25, 0.3) is 0 Å². The summed E-state index contributed by atoms with van der Waals surface area (Å²) in [7, 11) is 0. The smallest absolute Gasteiger partial charge is 0.279 e. The number of para-hydroxylation sites is 2. The molecule has 0 bridgehead atoms. The molecular formula is C17H23Cl2N5O. The lowest BCUT2D eigenvalue weighted by Gasteiger charge is -2.37. The Balaban J connectivity index is 0.00000113. The van der Waals surface area contributed by atoms with Gasteiger partial charge in [-0.05, 0) is 19.1 Å². The number of hydrogen-bond donors (Lipinski definition) is 2. The molecule has 2 aliphatic heterocycles. The number of aromatic nitrogens is 2. The van der Waals surface area contributed by atoms with Crippen molar-refractivity contribution in [1.82, 2.24) is 15.5 Å². The number of aromatic amines is 1. The number of benzene rings is 1. The van der Waals surface area contributed by atoms with Crippen molar-refractivity contribution < 1.29 is 4.79 Å². The third kappa shape index (κ3) is 3.34. The van der Waals surface area contributed by atoms with Gasteiger partial charge in [-0.3, -0.25) is 9.89 Å². The van der Waals surface area contributed by atoms with Crippen LogP contribution in [0.15, 0.2) is 24.3 Å². The van der Waals surface area contributed by atoms with Crippen LogP contribution in [0, 0.1) is 0 Å². The Morgan fingerprint density at radius 3 is 2.72 bits per heavy atom. The van der Waals surface area contributed by atoms with Crippen molar-refractivity contribution in [2.45, 2.75) is 19.9 Å². The van der Waals surface area contributed by atoms with E-state index in [9.17, 15) is 4.79 Å². The molecule has 1 aromatic carbocycles. The highest BCUT2D eigenvalue weighted by Gasteiger charge is 2.30. The van der Waals surface area contributed by atoms with E-state index in [1.165, 1.54) is 0 Å². The number of nitrogens with one attached hydrogen (secondary N) is 2. The number of likely N-dealkylation sites (N-methyl/N-ethyl adjacent to an activating group) is 1. The predicted octanol–water partition coefficient (Wildman–Crippen LogP) is 2.39. The van der Waals surface area contributed by atoms with E-state index in [1.54, 1.807) is 0 Å². The molecule has 0 saturated heterocycles.